The first-order valence-corrected chi connectivity index (χ1v) is 7.66. The third-order valence-corrected chi connectivity index (χ3v) is 3.35. The maximum atomic E-state index is 12.8. The zero-order valence-electron chi connectivity index (χ0n) is 13.4. The molecule has 0 aliphatic carbocycles. The summed E-state index contributed by atoms with van der Waals surface area (Å²) < 4.78 is 18.4. The largest absolute Gasteiger partial charge is 0.493 e. The summed E-state index contributed by atoms with van der Waals surface area (Å²) in [5.74, 6) is 0.426. The second-order valence-electron chi connectivity index (χ2n) is 5.41. The number of rotatable bonds is 7. The topological polar surface area (TPSA) is 42.8 Å². The minimum Gasteiger partial charge on any atom is -0.493 e. The molecule has 2 aromatic rings. The maximum absolute atomic E-state index is 12.8. The van der Waals surface area contributed by atoms with Gasteiger partial charge >= 0.3 is 0 Å². The van der Waals surface area contributed by atoms with Crippen molar-refractivity contribution in [2.24, 2.45) is 0 Å². The van der Waals surface area contributed by atoms with Gasteiger partial charge < -0.3 is 15.0 Å². The Labute approximate surface area is 135 Å². The van der Waals surface area contributed by atoms with Crippen molar-refractivity contribution in [3.05, 3.63) is 59.9 Å². The van der Waals surface area contributed by atoms with Gasteiger partial charge in [0, 0.05) is 11.3 Å². The quantitative estimate of drug-likeness (QED) is 0.819. The smallest absolute Gasteiger partial charge is 0.279 e. The first-order valence-electron chi connectivity index (χ1n) is 7.66. The van der Waals surface area contributed by atoms with Crippen molar-refractivity contribution >= 4 is 11.6 Å². The van der Waals surface area contributed by atoms with E-state index in [1.54, 1.807) is 12.1 Å². The molecule has 0 heterocycles. The molecule has 0 saturated heterocycles. The molecule has 0 spiro atoms. The molecule has 0 saturated carbocycles. The van der Waals surface area contributed by atoms with Crippen LogP contribution in [0.2, 0.25) is 0 Å². The number of benzene rings is 2. The third-order valence-electron chi connectivity index (χ3n) is 3.35. The van der Waals surface area contributed by atoms with E-state index in [0.717, 1.165) is 16.2 Å². The van der Waals surface area contributed by atoms with E-state index in [4.69, 9.17) is 4.74 Å². The summed E-state index contributed by atoms with van der Waals surface area (Å²) in [6.07, 6.45) is 0. The second-order valence-corrected chi connectivity index (χ2v) is 5.41. The summed E-state index contributed by atoms with van der Waals surface area (Å²) in [7, 11) is 1.95. The molecule has 122 valence electrons. The molecule has 0 fully saturated rings. The van der Waals surface area contributed by atoms with Crippen LogP contribution in [-0.4, -0.2) is 26.1 Å². The fraction of sp³-hybridized carbons (Fsp3) is 0.278. The fourth-order valence-corrected chi connectivity index (χ4v) is 2.35. The van der Waals surface area contributed by atoms with Crippen molar-refractivity contribution < 1.29 is 18.8 Å². The van der Waals surface area contributed by atoms with Gasteiger partial charge in [-0.3, -0.25) is 4.79 Å². The molecule has 1 unspecified atom stereocenters. The maximum Gasteiger partial charge on any atom is 0.279 e. The Morgan fingerprint density at radius 2 is 1.87 bits per heavy atom. The highest BCUT2D eigenvalue weighted by molar-refractivity contribution is 5.91. The Balaban J connectivity index is 1.90. The summed E-state index contributed by atoms with van der Waals surface area (Å²) in [6.45, 7) is 3.56. The molecule has 0 aliphatic rings. The van der Waals surface area contributed by atoms with Gasteiger partial charge in [0.2, 0.25) is 0 Å². The molecule has 2 rings (SSSR count). The highest BCUT2D eigenvalue weighted by atomic mass is 19.1. The van der Waals surface area contributed by atoms with E-state index >= 15 is 0 Å². The molecular formula is C18H22FN2O2+. The summed E-state index contributed by atoms with van der Waals surface area (Å²) in [5, 5.41) is 2.77. The van der Waals surface area contributed by atoms with Gasteiger partial charge in [-0.05, 0) is 43.3 Å². The molecule has 1 amide bonds. The number of carbonyl (C=O) groups excluding carboxylic acids is 1. The number of ether oxygens (including phenoxy) is 1. The zero-order valence-corrected chi connectivity index (χ0v) is 13.4. The number of anilines is 1. The average Bonchev–Trinajstić information content (AvgIpc) is 2.51. The van der Waals surface area contributed by atoms with Crippen LogP contribution >= 0.6 is 0 Å². The molecule has 0 radical (unpaired) electrons. The first-order chi connectivity index (χ1) is 11.1. The number of likely N-dealkylation sites (N-methyl/N-ethyl adjacent to an activating group) is 1. The van der Waals surface area contributed by atoms with Crippen molar-refractivity contribution in [2.45, 2.75) is 13.5 Å². The molecule has 0 aliphatic heterocycles. The van der Waals surface area contributed by atoms with Gasteiger partial charge in [-0.15, -0.1) is 0 Å². The van der Waals surface area contributed by atoms with E-state index in [2.05, 4.69) is 5.32 Å². The fourth-order valence-electron chi connectivity index (χ4n) is 2.35. The Hall–Kier alpha value is -2.40. The van der Waals surface area contributed by atoms with Gasteiger partial charge in [-0.1, -0.05) is 12.1 Å². The van der Waals surface area contributed by atoms with Crippen molar-refractivity contribution in [2.75, 3.05) is 25.5 Å². The predicted octanol–water partition coefficient (Wildman–Crippen LogP) is 1.88. The number of para-hydroxylation sites is 1. The van der Waals surface area contributed by atoms with Crippen LogP contribution in [0.1, 0.15) is 12.5 Å². The van der Waals surface area contributed by atoms with Crippen LogP contribution in [0.4, 0.5) is 10.1 Å². The van der Waals surface area contributed by atoms with Crippen molar-refractivity contribution in [3.63, 3.8) is 0 Å². The van der Waals surface area contributed by atoms with Crippen LogP contribution in [0.25, 0.3) is 0 Å². The predicted molar refractivity (Wildman–Crippen MR) is 88.1 cm³/mol. The lowest BCUT2D eigenvalue weighted by molar-refractivity contribution is -0.885. The molecule has 1 atom stereocenters. The van der Waals surface area contributed by atoms with Gasteiger partial charge in [0.15, 0.2) is 6.54 Å². The van der Waals surface area contributed by atoms with Crippen molar-refractivity contribution in [1.82, 2.24) is 0 Å². The number of quaternary nitrogens is 1. The lowest BCUT2D eigenvalue weighted by Crippen LogP contribution is -3.08. The standard InChI is InChI=1S/C18H21FN2O2/c1-3-23-17-7-5-4-6-14(17)12-21(2)13-18(22)20-16-10-8-15(19)9-11-16/h4-11H,3,12-13H2,1-2H3,(H,20,22)/p+1. The Kier molecular flexibility index (Phi) is 6.11. The van der Waals surface area contributed by atoms with E-state index in [9.17, 15) is 9.18 Å². The number of carbonyl (C=O) groups is 1. The van der Waals surface area contributed by atoms with Crippen molar-refractivity contribution in [3.8, 4) is 5.75 Å². The number of hydrogen-bond donors (Lipinski definition) is 2. The van der Waals surface area contributed by atoms with Crippen LogP contribution < -0.4 is 15.0 Å². The third kappa shape index (κ3) is 5.38. The van der Waals surface area contributed by atoms with Crippen LogP contribution in [0.15, 0.2) is 48.5 Å². The monoisotopic (exact) mass is 317 g/mol. The molecule has 2 aromatic carbocycles. The number of amides is 1. The lowest BCUT2D eigenvalue weighted by Gasteiger charge is -2.16. The first kappa shape index (κ1) is 17.0. The SMILES string of the molecule is CCOc1ccccc1C[NH+](C)CC(=O)Nc1ccc(F)cc1. The minimum absolute atomic E-state index is 0.108. The van der Waals surface area contributed by atoms with Crippen molar-refractivity contribution in [1.29, 1.82) is 0 Å². The highest BCUT2D eigenvalue weighted by Crippen LogP contribution is 2.16. The van der Waals surface area contributed by atoms with Gasteiger partial charge in [0.05, 0.1) is 13.7 Å². The van der Waals surface area contributed by atoms with E-state index in [1.807, 2.05) is 38.2 Å². The summed E-state index contributed by atoms with van der Waals surface area (Å²) in [6, 6.07) is 13.6. The zero-order chi connectivity index (χ0) is 16.7. The van der Waals surface area contributed by atoms with Gasteiger partial charge in [0.1, 0.15) is 18.1 Å². The average molecular weight is 317 g/mol. The number of halogens is 1. The number of nitrogens with one attached hydrogen (secondary N) is 2. The molecule has 0 aromatic heterocycles. The Bertz CT molecular complexity index is 644. The van der Waals surface area contributed by atoms with Crippen LogP contribution in [0, 0.1) is 5.82 Å². The molecule has 2 N–H and O–H groups in total. The Morgan fingerprint density at radius 1 is 1.17 bits per heavy atom. The Morgan fingerprint density at radius 3 is 2.57 bits per heavy atom. The van der Waals surface area contributed by atoms with E-state index < -0.39 is 0 Å². The molecule has 23 heavy (non-hydrogen) atoms. The summed E-state index contributed by atoms with van der Waals surface area (Å²) in [4.78, 5) is 13.1. The molecule has 0 bridgehead atoms. The van der Waals surface area contributed by atoms with Crippen LogP contribution in [0.3, 0.4) is 0 Å². The van der Waals surface area contributed by atoms with Gasteiger partial charge in [0.25, 0.3) is 5.91 Å². The summed E-state index contributed by atoms with van der Waals surface area (Å²) in [5.41, 5.74) is 1.67. The molecule has 4 nitrogen and oxygen atoms in total. The molecular weight excluding hydrogens is 295 g/mol. The van der Waals surface area contributed by atoms with E-state index in [1.165, 1.54) is 12.1 Å². The normalized spacial score (nSPS) is 11.8. The van der Waals surface area contributed by atoms with Crippen LogP contribution in [0.5, 0.6) is 5.75 Å². The van der Waals surface area contributed by atoms with E-state index in [0.29, 0.717) is 25.4 Å². The van der Waals surface area contributed by atoms with Gasteiger partial charge in [-0.2, -0.15) is 0 Å². The van der Waals surface area contributed by atoms with Gasteiger partial charge in [-0.25, -0.2) is 4.39 Å². The lowest BCUT2D eigenvalue weighted by atomic mass is 10.2. The second kappa shape index (κ2) is 8.29. The van der Waals surface area contributed by atoms with Crippen LogP contribution in [-0.2, 0) is 11.3 Å². The summed E-state index contributed by atoms with van der Waals surface area (Å²) >= 11 is 0. The number of hydrogen-bond acceptors (Lipinski definition) is 2. The van der Waals surface area contributed by atoms with E-state index in [-0.39, 0.29) is 11.7 Å². The minimum atomic E-state index is -0.321. The molecule has 5 heteroatoms. The highest BCUT2D eigenvalue weighted by Gasteiger charge is 2.13.